The normalized spacial score (nSPS) is 11.0. The molecule has 0 unspecified atom stereocenters. The highest BCUT2D eigenvalue weighted by Crippen LogP contribution is 2.21. The van der Waals surface area contributed by atoms with Crippen LogP contribution < -0.4 is 15.4 Å². The predicted octanol–water partition coefficient (Wildman–Crippen LogP) is 5.28. The van der Waals surface area contributed by atoms with Crippen molar-refractivity contribution in [2.24, 2.45) is 5.92 Å². The number of carbonyl (C=O) groups is 2. The summed E-state index contributed by atoms with van der Waals surface area (Å²) >= 11 is 1.58. The molecule has 1 heterocycles. The summed E-state index contributed by atoms with van der Waals surface area (Å²) in [6.07, 6.45) is 3.18. The topological polar surface area (TPSA) is 80.3 Å². The highest BCUT2D eigenvalue weighted by atomic mass is 32.1. The van der Waals surface area contributed by atoms with E-state index in [1.807, 2.05) is 50.4 Å². The number of nitrogens with one attached hydrogen (secondary N) is 2. The van der Waals surface area contributed by atoms with Crippen molar-refractivity contribution in [2.45, 2.75) is 27.4 Å². The van der Waals surface area contributed by atoms with Gasteiger partial charge in [0.1, 0.15) is 12.4 Å². The Morgan fingerprint density at radius 3 is 2.39 bits per heavy atom. The van der Waals surface area contributed by atoms with Crippen molar-refractivity contribution in [1.82, 2.24) is 4.98 Å². The van der Waals surface area contributed by atoms with Crippen LogP contribution in [0.15, 0.2) is 60.0 Å². The van der Waals surface area contributed by atoms with Crippen LogP contribution in [-0.4, -0.2) is 16.8 Å². The van der Waals surface area contributed by atoms with Gasteiger partial charge in [-0.05, 0) is 43.3 Å². The molecule has 31 heavy (non-hydrogen) atoms. The van der Waals surface area contributed by atoms with Crippen molar-refractivity contribution in [3.63, 3.8) is 0 Å². The molecule has 3 aromatic rings. The number of ether oxygens (including phenoxy) is 1. The number of thiazole rings is 1. The zero-order valence-electron chi connectivity index (χ0n) is 17.7. The van der Waals surface area contributed by atoms with Crippen LogP contribution in [0.3, 0.4) is 0 Å². The Kier molecular flexibility index (Phi) is 7.56. The molecule has 0 aliphatic rings. The first kappa shape index (κ1) is 22.2. The van der Waals surface area contributed by atoms with Gasteiger partial charge in [-0.25, -0.2) is 4.98 Å². The van der Waals surface area contributed by atoms with Gasteiger partial charge in [-0.2, -0.15) is 0 Å². The lowest BCUT2D eigenvalue weighted by Crippen LogP contribution is -2.17. The number of para-hydroxylation sites is 1. The number of amides is 2. The number of benzene rings is 2. The number of aryl methyl sites for hydroxylation is 1. The summed E-state index contributed by atoms with van der Waals surface area (Å²) in [7, 11) is 0. The average molecular weight is 436 g/mol. The number of hydrogen-bond acceptors (Lipinski definition) is 5. The molecule has 2 N–H and O–H groups in total. The molecule has 1 aromatic heterocycles. The smallest absolute Gasteiger partial charge is 0.248 e. The van der Waals surface area contributed by atoms with Gasteiger partial charge in [-0.1, -0.05) is 32.0 Å². The van der Waals surface area contributed by atoms with Crippen LogP contribution in [0.5, 0.6) is 5.75 Å². The minimum absolute atomic E-state index is 0.0504. The zero-order chi connectivity index (χ0) is 22.2. The van der Waals surface area contributed by atoms with Crippen molar-refractivity contribution in [2.75, 3.05) is 10.6 Å². The lowest BCUT2D eigenvalue weighted by Gasteiger charge is -2.09. The Morgan fingerprint density at radius 1 is 1.06 bits per heavy atom. The lowest BCUT2D eigenvalue weighted by molar-refractivity contribution is -0.119. The van der Waals surface area contributed by atoms with Gasteiger partial charge in [0.15, 0.2) is 0 Å². The number of rotatable bonds is 8. The van der Waals surface area contributed by atoms with Gasteiger partial charge in [0.05, 0.1) is 10.7 Å². The van der Waals surface area contributed by atoms with Gasteiger partial charge in [0, 0.05) is 34.3 Å². The first-order valence-electron chi connectivity index (χ1n) is 9.93. The Labute approximate surface area is 186 Å². The van der Waals surface area contributed by atoms with Gasteiger partial charge in [-0.3, -0.25) is 9.59 Å². The quantitative estimate of drug-likeness (QED) is 0.472. The van der Waals surface area contributed by atoms with Crippen molar-refractivity contribution in [3.05, 3.63) is 76.3 Å². The molecular weight excluding hydrogens is 410 g/mol. The van der Waals surface area contributed by atoms with E-state index >= 15 is 0 Å². The monoisotopic (exact) mass is 435 g/mol. The van der Waals surface area contributed by atoms with Gasteiger partial charge in [0.2, 0.25) is 11.8 Å². The molecule has 160 valence electrons. The van der Waals surface area contributed by atoms with Crippen LogP contribution >= 0.6 is 11.3 Å². The van der Waals surface area contributed by atoms with Crippen LogP contribution in [0.25, 0.3) is 6.08 Å². The number of hydrogen-bond donors (Lipinski definition) is 2. The molecule has 7 heteroatoms. The predicted molar refractivity (Wildman–Crippen MR) is 125 cm³/mol. The van der Waals surface area contributed by atoms with Gasteiger partial charge >= 0.3 is 0 Å². The zero-order valence-corrected chi connectivity index (χ0v) is 18.5. The minimum atomic E-state index is -0.260. The first-order valence-corrected chi connectivity index (χ1v) is 10.8. The van der Waals surface area contributed by atoms with Crippen molar-refractivity contribution in [1.29, 1.82) is 0 Å². The van der Waals surface area contributed by atoms with Crippen LogP contribution in [0.4, 0.5) is 11.4 Å². The van der Waals surface area contributed by atoms with Crippen LogP contribution in [0, 0.1) is 12.8 Å². The number of carbonyl (C=O) groups excluding carboxylic acids is 2. The maximum atomic E-state index is 12.3. The molecule has 2 amide bonds. The Balaban J connectivity index is 1.58. The third-order valence-electron chi connectivity index (χ3n) is 4.32. The third-order valence-corrected chi connectivity index (χ3v) is 5.14. The van der Waals surface area contributed by atoms with E-state index in [1.54, 1.807) is 41.7 Å². The Morgan fingerprint density at radius 2 is 1.74 bits per heavy atom. The van der Waals surface area contributed by atoms with E-state index in [4.69, 9.17) is 4.74 Å². The van der Waals surface area contributed by atoms with Crippen molar-refractivity contribution in [3.8, 4) is 5.75 Å². The number of anilines is 2. The minimum Gasteiger partial charge on any atom is -0.487 e. The van der Waals surface area contributed by atoms with Gasteiger partial charge in [0.25, 0.3) is 0 Å². The summed E-state index contributed by atoms with van der Waals surface area (Å²) in [5, 5.41) is 8.60. The fourth-order valence-corrected chi connectivity index (χ4v) is 3.25. The largest absolute Gasteiger partial charge is 0.487 e. The lowest BCUT2D eigenvalue weighted by atomic mass is 10.2. The van der Waals surface area contributed by atoms with E-state index in [-0.39, 0.29) is 17.7 Å². The van der Waals surface area contributed by atoms with E-state index < -0.39 is 0 Å². The first-order chi connectivity index (χ1) is 14.9. The highest BCUT2D eigenvalue weighted by molar-refractivity contribution is 7.09. The molecule has 0 atom stereocenters. The molecule has 0 saturated carbocycles. The van der Waals surface area contributed by atoms with Crippen LogP contribution in [-0.2, 0) is 16.2 Å². The Hall–Kier alpha value is -3.45. The molecule has 2 aromatic carbocycles. The number of nitrogens with zero attached hydrogens (tertiary/aromatic N) is 1. The molecule has 0 fully saturated rings. The molecule has 0 aliphatic carbocycles. The molecule has 0 aliphatic heterocycles. The fourth-order valence-electron chi connectivity index (χ4n) is 2.65. The van der Waals surface area contributed by atoms with Crippen LogP contribution in [0.2, 0.25) is 0 Å². The average Bonchev–Trinajstić information content (AvgIpc) is 3.17. The van der Waals surface area contributed by atoms with E-state index in [0.29, 0.717) is 23.7 Å². The Bertz CT molecular complexity index is 1070. The standard InChI is InChI=1S/C24H25N3O3S/c1-16(2)24(29)27-20-11-9-19(10-12-20)26-23(28)13-8-18-6-4-5-7-22(18)30-14-21-15-31-17(3)25-21/h4-13,15-16H,14H2,1-3H3,(H,26,28)(H,27,29)/b13-8+. The molecular formula is C24H25N3O3S. The summed E-state index contributed by atoms with van der Waals surface area (Å²) in [4.78, 5) is 28.5. The van der Waals surface area contributed by atoms with E-state index in [0.717, 1.165) is 16.3 Å². The molecule has 0 spiro atoms. The summed E-state index contributed by atoms with van der Waals surface area (Å²) < 4.78 is 5.88. The van der Waals surface area contributed by atoms with Crippen molar-refractivity contribution < 1.29 is 14.3 Å². The summed E-state index contributed by atoms with van der Waals surface area (Å²) in [6.45, 7) is 6.00. The summed E-state index contributed by atoms with van der Waals surface area (Å²) in [6, 6.07) is 14.5. The maximum absolute atomic E-state index is 12.3. The van der Waals surface area contributed by atoms with E-state index in [2.05, 4.69) is 15.6 Å². The van der Waals surface area contributed by atoms with Crippen LogP contribution in [0.1, 0.15) is 30.1 Å². The highest BCUT2D eigenvalue weighted by Gasteiger charge is 2.07. The fraction of sp³-hybridized carbons (Fsp3) is 0.208. The molecule has 6 nitrogen and oxygen atoms in total. The molecule has 3 rings (SSSR count). The van der Waals surface area contributed by atoms with Gasteiger partial charge < -0.3 is 15.4 Å². The second-order valence-corrected chi connectivity index (χ2v) is 8.29. The number of aromatic nitrogens is 1. The maximum Gasteiger partial charge on any atom is 0.248 e. The van der Waals surface area contributed by atoms with Crippen molar-refractivity contribution >= 4 is 40.6 Å². The molecule has 0 saturated heterocycles. The SMILES string of the molecule is Cc1nc(COc2ccccc2/C=C/C(=O)Nc2ccc(NC(=O)C(C)C)cc2)cs1. The second-order valence-electron chi connectivity index (χ2n) is 7.23. The van der Waals surface area contributed by atoms with E-state index in [1.165, 1.54) is 6.08 Å². The second kappa shape index (κ2) is 10.5. The summed E-state index contributed by atoms with van der Waals surface area (Å²) in [5.74, 6) is 0.277. The third kappa shape index (κ3) is 6.79. The summed E-state index contributed by atoms with van der Waals surface area (Å²) in [5.41, 5.74) is 3.01. The molecule has 0 bridgehead atoms. The van der Waals surface area contributed by atoms with E-state index in [9.17, 15) is 9.59 Å². The molecule has 0 radical (unpaired) electrons. The van der Waals surface area contributed by atoms with Gasteiger partial charge in [-0.15, -0.1) is 11.3 Å².